The lowest BCUT2D eigenvalue weighted by Gasteiger charge is -2.29. The molecule has 0 aliphatic carbocycles. The van der Waals surface area contributed by atoms with Gasteiger partial charge in [0.25, 0.3) is 0 Å². The number of carbonyl (C=O) groups is 1. The third kappa shape index (κ3) is 2.64. The number of nitrogens with one attached hydrogen (secondary N) is 2. The van der Waals surface area contributed by atoms with Gasteiger partial charge in [0.2, 0.25) is 5.91 Å². The first-order valence-electron chi connectivity index (χ1n) is 6.42. The molecule has 2 aliphatic rings. The minimum Gasteiger partial charge on any atom is -0.349 e. The fraction of sp³-hybridized carbons (Fsp3) is 0.769. The van der Waals surface area contributed by atoms with E-state index in [1.165, 1.54) is 12.8 Å². The van der Waals surface area contributed by atoms with Crippen LogP contribution in [0.3, 0.4) is 0 Å². The lowest BCUT2D eigenvalue weighted by molar-refractivity contribution is -0.118. The summed E-state index contributed by atoms with van der Waals surface area (Å²) in [5, 5.41) is 6.74. The highest BCUT2D eigenvalue weighted by atomic mass is 16.1. The number of amides is 1. The van der Waals surface area contributed by atoms with Crippen molar-refractivity contribution in [2.45, 2.75) is 64.1 Å². The first-order chi connectivity index (χ1) is 7.69. The first kappa shape index (κ1) is 11.6. The topological polar surface area (TPSA) is 41.1 Å². The van der Waals surface area contributed by atoms with Crippen molar-refractivity contribution in [3.05, 3.63) is 11.6 Å². The molecule has 0 spiro atoms. The molecule has 3 nitrogen and oxygen atoms in total. The molecule has 0 aromatic carbocycles. The molecule has 2 fully saturated rings. The zero-order chi connectivity index (χ0) is 11.5. The molecule has 2 unspecified atom stereocenters. The van der Waals surface area contributed by atoms with Crippen LogP contribution >= 0.6 is 0 Å². The Morgan fingerprint density at radius 3 is 2.56 bits per heavy atom. The molecular formula is C13H22N2O. The van der Waals surface area contributed by atoms with Crippen molar-refractivity contribution < 1.29 is 4.79 Å². The molecule has 2 aliphatic heterocycles. The Labute approximate surface area is 97.7 Å². The predicted molar refractivity (Wildman–Crippen MR) is 65.2 cm³/mol. The monoisotopic (exact) mass is 222 g/mol. The second-order valence-electron chi connectivity index (χ2n) is 5.08. The van der Waals surface area contributed by atoms with E-state index in [1.54, 1.807) is 0 Å². The van der Waals surface area contributed by atoms with Crippen LogP contribution in [0.2, 0.25) is 0 Å². The van der Waals surface area contributed by atoms with E-state index in [0.717, 1.165) is 24.8 Å². The van der Waals surface area contributed by atoms with E-state index in [2.05, 4.69) is 17.6 Å². The van der Waals surface area contributed by atoms with Crippen LogP contribution in [-0.4, -0.2) is 24.0 Å². The van der Waals surface area contributed by atoms with Gasteiger partial charge in [-0.25, -0.2) is 0 Å². The van der Waals surface area contributed by atoms with Crippen molar-refractivity contribution in [3.63, 3.8) is 0 Å². The van der Waals surface area contributed by atoms with Gasteiger partial charge in [-0.15, -0.1) is 0 Å². The van der Waals surface area contributed by atoms with Crippen molar-refractivity contribution >= 4 is 5.91 Å². The van der Waals surface area contributed by atoms with Gasteiger partial charge in [0.1, 0.15) is 0 Å². The van der Waals surface area contributed by atoms with Crippen LogP contribution < -0.4 is 10.6 Å². The number of allylic oxidation sites excluding steroid dienone is 1. The van der Waals surface area contributed by atoms with Crippen molar-refractivity contribution in [1.82, 2.24) is 10.6 Å². The molecule has 2 saturated heterocycles. The standard InChI is InChI=1S/C13H22N2O/c1-3-4-9(2)13(16)15-12-7-10-5-6-11(8-12)14-10/h4,10-12,14H,3,5-8H2,1-2H3,(H,15,16). The fourth-order valence-corrected chi connectivity index (χ4v) is 2.87. The highest BCUT2D eigenvalue weighted by Gasteiger charge is 2.33. The van der Waals surface area contributed by atoms with Gasteiger partial charge in [0.15, 0.2) is 0 Å². The normalized spacial score (nSPS) is 33.9. The van der Waals surface area contributed by atoms with Gasteiger partial charge >= 0.3 is 0 Å². The van der Waals surface area contributed by atoms with E-state index < -0.39 is 0 Å². The van der Waals surface area contributed by atoms with Crippen LogP contribution in [0.5, 0.6) is 0 Å². The average Bonchev–Trinajstić information content (AvgIpc) is 2.58. The van der Waals surface area contributed by atoms with Crippen LogP contribution in [0.25, 0.3) is 0 Å². The summed E-state index contributed by atoms with van der Waals surface area (Å²) in [5.74, 6) is 0.119. The van der Waals surface area contributed by atoms with Gasteiger partial charge in [0, 0.05) is 23.7 Å². The van der Waals surface area contributed by atoms with Gasteiger partial charge in [-0.05, 0) is 39.0 Å². The van der Waals surface area contributed by atoms with Gasteiger partial charge in [0.05, 0.1) is 0 Å². The summed E-state index contributed by atoms with van der Waals surface area (Å²) in [4.78, 5) is 11.8. The summed E-state index contributed by atoms with van der Waals surface area (Å²) in [7, 11) is 0. The third-order valence-electron chi connectivity index (χ3n) is 3.68. The Kier molecular flexibility index (Phi) is 3.64. The van der Waals surface area contributed by atoms with Gasteiger partial charge in [-0.2, -0.15) is 0 Å². The molecule has 2 bridgehead atoms. The molecule has 0 radical (unpaired) electrons. The van der Waals surface area contributed by atoms with Gasteiger partial charge < -0.3 is 10.6 Å². The number of carbonyl (C=O) groups excluding carboxylic acids is 1. The molecule has 90 valence electrons. The maximum absolute atomic E-state index is 11.8. The number of rotatable bonds is 3. The van der Waals surface area contributed by atoms with Crippen LogP contribution in [0.15, 0.2) is 11.6 Å². The van der Waals surface area contributed by atoms with Gasteiger partial charge in [-0.3, -0.25) is 4.79 Å². The van der Waals surface area contributed by atoms with Crippen LogP contribution in [0.1, 0.15) is 46.0 Å². The largest absolute Gasteiger partial charge is 0.349 e. The zero-order valence-electron chi connectivity index (χ0n) is 10.3. The minimum absolute atomic E-state index is 0.119. The molecule has 2 atom stereocenters. The Hall–Kier alpha value is -0.830. The summed E-state index contributed by atoms with van der Waals surface area (Å²) in [5.41, 5.74) is 0.855. The lowest BCUT2D eigenvalue weighted by Crippen LogP contribution is -2.48. The summed E-state index contributed by atoms with van der Waals surface area (Å²) in [6.45, 7) is 3.95. The number of hydrogen-bond donors (Lipinski definition) is 2. The minimum atomic E-state index is 0.119. The fourth-order valence-electron chi connectivity index (χ4n) is 2.87. The van der Waals surface area contributed by atoms with E-state index in [4.69, 9.17) is 0 Å². The summed E-state index contributed by atoms with van der Waals surface area (Å²) < 4.78 is 0. The third-order valence-corrected chi connectivity index (χ3v) is 3.68. The second kappa shape index (κ2) is 5.00. The number of fused-ring (bicyclic) bond motifs is 2. The molecule has 0 saturated carbocycles. The molecule has 1 amide bonds. The predicted octanol–water partition coefficient (Wildman–Crippen LogP) is 1.74. The second-order valence-corrected chi connectivity index (χ2v) is 5.08. The first-order valence-corrected chi connectivity index (χ1v) is 6.42. The van der Waals surface area contributed by atoms with Crippen molar-refractivity contribution in [3.8, 4) is 0 Å². The zero-order valence-corrected chi connectivity index (χ0v) is 10.3. The van der Waals surface area contributed by atoms with Crippen molar-refractivity contribution in [2.75, 3.05) is 0 Å². The Morgan fingerprint density at radius 1 is 1.38 bits per heavy atom. The lowest BCUT2D eigenvalue weighted by atomic mass is 9.99. The molecule has 2 rings (SSSR count). The number of piperidine rings is 1. The van der Waals surface area contributed by atoms with Gasteiger partial charge in [-0.1, -0.05) is 13.0 Å². The molecule has 3 heteroatoms. The summed E-state index contributed by atoms with van der Waals surface area (Å²) >= 11 is 0. The molecule has 0 aromatic heterocycles. The summed E-state index contributed by atoms with van der Waals surface area (Å²) in [6, 6.07) is 1.66. The Morgan fingerprint density at radius 2 is 2.00 bits per heavy atom. The van der Waals surface area contributed by atoms with Crippen molar-refractivity contribution in [1.29, 1.82) is 0 Å². The summed E-state index contributed by atoms with van der Waals surface area (Å²) in [6.07, 6.45) is 7.67. The number of hydrogen-bond acceptors (Lipinski definition) is 2. The van der Waals surface area contributed by atoms with E-state index in [0.29, 0.717) is 18.1 Å². The van der Waals surface area contributed by atoms with Crippen LogP contribution in [-0.2, 0) is 4.79 Å². The SMILES string of the molecule is CCC=C(C)C(=O)NC1CC2CCC(C1)N2. The Balaban J connectivity index is 1.86. The molecule has 2 N–H and O–H groups in total. The average molecular weight is 222 g/mol. The maximum Gasteiger partial charge on any atom is 0.246 e. The highest BCUT2D eigenvalue weighted by molar-refractivity contribution is 5.92. The van der Waals surface area contributed by atoms with E-state index in [1.807, 2.05) is 13.0 Å². The quantitative estimate of drug-likeness (QED) is 0.714. The molecule has 2 heterocycles. The molecule has 0 aromatic rings. The van der Waals surface area contributed by atoms with E-state index >= 15 is 0 Å². The maximum atomic E-state index is 11.8. The van der Waals surface area contributed by atoms with Crippen LogP contribution in [0, 0.1) is 0 Å². The van der Waals surface area contributed by atoms with Crippen LogP contribution in [0.4, 0.5) is 0 Å². The van der Waals surface area contributed by atoms with E-state index in [9.17, 15) is 4.79 Å². The molecular weight excluding hydrogens is 200 g/mol. The molecule has 16 heavy (non-hydrogen) atoms. The van der Waals surface area contributed by atoms with Crippen molar-refractivity contribution in [2.24, 2.45) is 0 Å². The Bertz CT molecular complexity index is 286. The van der Waals surface area contributed by atoms with E-state index in [-0.39, 0.29) is 5.91 Å². The smallest absolute Gasteiger partial charge is 0.246 e. The highest BCUT2D eigenvalue weighted by Crippen LogP contribution is 2.26.